The molecule has 200 valence electrons. The Labute approximate surface area is 218 Å². The minimum Gasteiger partial charge on any atom is -0.482 e. The summed E-state index contributed by atoms with van der Waals surface area (Å²) in [5.41, 5.74) is 2.46. The summed E-state index contributed by atoms with van der Waals surface area (Å²) in [6.07, 6.45) is 1.62. The van der Waals surface area contributed by atoms with Gasteiger partial charge in [0.15, 0.2) is 6.61 Å². The van der Waals surface area contributed by atoms with Crippen molar-refractivity contribution in [1.82, 2.24) is 14.9 Å². The van der Waals surface area contributed by atoms with Crippen LogP contribution in [0.25, 0.3) is 11.0 Å². The number of aliphatic hydroxyl groups is 1. The second-order valence-corrected chi connectivity index (χ2v) is 9.08. The summed E-state index contributed by atoms with van der Waals surface area (Å²) in [5, 5.41) is 12.3. The number of aromatic nitrogens is 2. The van der Waals surface area contributed by atoms with Crippen molar-refractivity contribution in [3.8, 4) is 11.6 Å². The first-order valence-corrected chi connectivity index (χ1v) is 12.3. The third-order valence-corrected chi connectivity index (χ3v) is 6.53. The third-order valence-electron chi connectivity index (χ3n) is 6.53. The highest BCUT2D eigenvalue weighted by molar-refractivity contribution is 5.97. The van der Waals surface area contributed by atoms with Gasteiger partial charge in [-0.1, -0.05) is 0 Å². The number of hydrogen-bond acceptors (Lipinski definition) is 9. The van der Waals surface area contributed by atoms with Crippen LogP contribution in [0.2, 0.25) is 0 Å². The highest BCUT2D eigenvalue weighted by atomic mass is 19.1. The number of pyridine rings is 2. The molecule has 0 radical (unpaired) electrons. The number of ether oxygens (including phenoxy) is 3. The summed E-state index contributed by atoms with van der Waals surface area (Å²) in [7, 11) is 1.49. The maximum absolute atomic E-state index is 14.8. The van der Waals surface area contributed by atoms with Crippen LogP contribution in [0.1, 0.15) is 18.4 Å². The van der Waals surface area contributed by atoms with Crippen LogP contribution in [0.3, 0.4) is 0 Å². The molecule has 1 atom stereocenters. The van der Waals surface area contributed by atoms with E-state index in [0.29, 0.717) is 72.1 Å². The summed E-state index contributed by atoms with van der Waals surface area (Å²) in [6.45, 7) is 1.34. The van der Waals surface area contributed by atoms with Crippen LogP contribution in [-0.2, 0) is 16.1 Å². The second-order valence-electron chi connectivity index (χ2n) is 9.08. The summed E-state index contributed by atoms with van der Waals surface area (Å²) in [6, 6.07) is 8.55. The van der Waals surface area contributed by atoms with Crippen molar-refractivity contribution in [3.05, 3.63) is 47.9 Å². The van der Waals surface area contributed by atoms with E-state index in [4.69, 9.17) is 14.2 Å². The number of methoxy groups -OCH3 is 1. The molecule has 0 unspecified atom stereocenters. The van der Waals surface area contributed by atoms with Crippen molar-refractivity contribution < 1.29 is 33.3 Å². The molecule has 38 heavy (non-hydrogen) atoms. The highest BCUT2D eigenvalue weighted by Crippen LogP contribution is 2.34. The smallest absolute Gasteiger partial charge is 0.414 e. The highest BCUT2D eigenvalue weighted by Gasteiger charge is 2.33. The van der Waals surface area contributed by atoms with Gasteiger partial charge in [0.25, 0.3) is 5.91 Å². The van der Waals surface area contributed by atoms with E-state index >= 15 is 0 Å². The predicted molar refractivity (Wildman–Crippen MR) is 136 cm³/mol. The summed E-state index contributed by atoms with van der Waals surface area (Å²) < 4.78 is 30.9. The van der Waals surface area contributed by atoms with Gasteiger partial charge in [0.1, 0.15) is 23.2 Å². The van der Waals surface area contributed by atoms with Gasteiger partial charge in [-0.2, -0.15) is 0 Å². The molecule has 2 aromatic heterocycles. The Morgan fingerprint density at radius 1 is 1.26 bits per heavy atom. The number of aliphatic hydroxyl groups excluding tert-OH is 1. The van der Waals surface area contributed by atoms with E-state index in [1.165, 1.54) is 18.2 Å². The monoisotopic (exact) mass is 525 g/mol. The quantitative estimate of drug-likeness (QED) is 0.411. The number of carbonyl (C=O) groups is 2. The average molecular weight is 526 g/mol. The van der Waals surface area contributed by atoms with Gasteiger partial charge in [-0.25, -0.2) is 14.2 Å². The van der Waals surface area contributed by atoms with E-state index in [9.17, 15) is 19.1 Å². The molecule has 1 fully saturated rings. The number of halogens is 1. The Hall–Kier alpha value is -4.03. The Kier molecular flexibility index (Phi) is 7.52. The van der Waals surface area contributed by atoms with Gasteiger partial charge >= 0.3 is 6.09 Å². The molecule has 4 heterocycles. The van der Waals surface area contributed by atoms with Crippen molar-refractivity contribution in [1.29, 1.82) is 0 Å². The number of hydrogen-bond donors (Lipinski definition) is 2. The fourth-order valence-electron chi connectivity index (χ4n) is 4.64. The standard InChI is InChI=1S/C26H28FN5O6/c1-36-24-7-5-20-25(30-24)18(19(27)12-28-20)14-31(9-10-33)8-2-3-17-13-32(26(35)38-17)16-4-6-22-21(11-16)29-23(34)15-37-22/h4-7,11-12,17,33H,2-3,8-10,13-15H2,1H3,(H,29,34)/t17-/m1/s1. The molecule has 2 amide bonds. The Morgan fingerprint density at radius 3 is 2.95 bits per heavy atom. The Bertz CT molecular complexity index is 1360. The normalized spacial score (nSPS) is 16.8. The SMILES string of the molecule is COc1ccc2ncc(F)c(CN(CCO)CCC[C@@H]3CN(c4ccc5c(c4)NC(=O)CO5)C(=O)O3)c2n1. The Balaban J connectivity index is 1.21. The zero-order valence-electron chi connectivity index (χ0n) is 20.9. The van der Waals surface area contributed by atoms with Crippen molar-refractivity contribution in [3.63, 3.8) is 0 Å². The first-order valence-electron chi connectivity index (χ1n) is 12.3. The number of anilines is 2. The number of rotatable bonds is 10. The van der Waals surface area contributed by atoms with E-state index in [1.54, 1.807) is 30.3 Å². The molecule has 12 heteroatoms. The lowest BCUT2D eigenvalue weighted by Crippen LogP contribution is -2.29. The van der Waals surface area contributed by atoms with Crippen LogP contribution in [0.15, 0.2) is 36.5 Å². The number of nitrogens with one attached hydrogen (secondary N) is 1. The molecule has 0 aliphatic carbocycles. The van der Waals surface area contributed by atoms with E-state index in [0.717, 1.165) is 0 Å². The van der Waals surface area contributed by atoms with Gasteiger partial charge in [-0.3, -0.25) is 19.6 Å². The van der Waals surface area contributed by atoms with Crippen molar-refractivity contribution in [2.45, 2.75) is 25.5 Å². The van der Waals surface area contributed by atoms with Crippen LogP contribution in [0, 0.1) is 5.82 Å². The minimum atomic E-state index is -0.479. The van der Waals surface area contributed by atoms with Gasteiger partial charge in [0, 0.05) is 30.4 Å². The van der Waals surface area contributed by atoms with Gasteiger partial charge in [0.2, 0.25) is 5.88 Å². The lowest BCUT2D eigenvalue weighted by Gasteiger charge is -2.23. The number of amides is 2. The van der Waals surface area contributed by atoms with Gasteiger partial charge < -0.3 is 24.6 Å². The molecule has 0 saturated carbocycles. The number of benzene rings is 1. The zero-order chi connectivity index (χ0) is 26.6. The number of fused-ring (bicyclic) bond motifs is 2. The molecule has 2 aliphatic rings. The van der Waals surface area contributed by atoms with Crippen LogP contribution in [0.4, 0.5) is 20.6 Å². The van der Waals surface area contributed by atoms with Crippen LogP contribution in [-0.4, -0.2) is 78.0 Å². The van der Waals surface area contributed by atoms with Gasteiger partial charge in [0.05, 0.1) is 37.7 Å². The van der Waals surface area contributed by atoms with E-state index in [1.807, 2.05) is 4.90 Å². The fourth-order valence-corrected chi connectivity index (χ4v) is 4.64. The molecule has 11 nitrogen and oxygen atoms in total. The predicted octanol–water partition coefficient (Wildman–Crippen LogP) is 2.71. The largest absolute Gasteiger partial charge is 0.482 e. The van der Waals surface area contributed by atoms with Gasteiger partial charge in [-0.05, 0) is 43.7 Å². The zero-order valence-corrected chi connectivity index (χ0v) is 20.9. The average Bonchev–Trinajstić information content (AvgIpc) is 3.29. The fraction of sp³-hybridized carbons (Fsp3) is 0.385. The molecule has 0 bridgehead atoms. The second kappa shape index (κ2) is 11.2. The lowest BCUT2D eigenvalue weighted by atomic mass is 10.1. The lowest BCUT2D eigenvalue weighted by molar-refractivity contribution is -0.118. The Morgan fingerprint density at radius 2 is 2.13 bits per heavy atom. The van der Waals surface area contributed by atoms with Crippen molar-refractivity contribution in [2.75, 3.05) is 50.2 Å². The van der Waals surface area contributed by atoms with E-state index in [-0.39, 0.29) is 31.8 Å². The maximum Gasteiger partial charge on any atom is 0.414 e. The van der Waals surface area contributed by atoms with Crippen molar-refractivity contribution >= 4 is 34.4 Å². The number of nitrogens with zero attached hydrogens (tertiary/aromatic N) is 4. The summed E-state index contributed by atoms with van der Waals surface area (Å²) >= 11 is 0. The molecule has 1 aromatic carbocycles. The summed E-state index contributed by atoms with van der Waals surface area (Å²) in [5.74, 6) is 0.182. The molecular formula is C26H28FN5O6. The molecule has 5 rings (SSSR count). The van der Waals surface area contributed by atoms with Crippen LogP contribution >= 0.6 is 0 Å². The van der Waals surface area contributed by atoms with Crippen LogP contribution < -0.4 is 19.7 Å². The first kappa shape index (κ1) is 25.6. The van der Waals surface area contributed by atoms with Crippen molar-refractivity contribution in [2.24, 2.45) is 0 Å². The molecule has 3 aromatic rings. The maximum atomic E-state index is 14.8. The van der Waals surface area contributed by atoms with E-state index in [2.05, 4.69) is 15.3 Å². The molecule has 1 saturated heterocycles. The third kappa shape index (κ3) is 5.46. The van der Waals surface area contributed by atoms with E-state index < -0.39 is 11.9 Å². The van der Waals surface area contributed by atoms with Crippen LogP contribution in [0.5, 0.6) is 11.6 Å². The first-order chi connectivity index (χ1) is 18.4. The number of carbonyl (C=O) groups excluding carboxylic acids is 2. The summed E-state index contributed by atoms with van der Waals surface area (Å²) in [4.78, 5) is 36.1. The topological polar surface area (TPSA) is 126 Å². The molecule has 2 aliphatic heterocycles. The molecule has 2 N–H and O–H groups in total. The molecular weight excluding hydrogens is 497 g/mol. The number of cyclic esters (lactones) is 1. The minimum absolute atomic E-state index is 0.0395. The van der Waals surface area contributed by atoms with Gasteiger partial charge in [-0.15, -0.1) is 0 Å². The molecule has 0 spiro atoms.